The van der Waals surface area contributed by atoms with Gasteiger partial charge in [0.15, 0.2) is 0 Å². The van der Waals surface area contributed by atoms with Crippen LogP contribution in [-0.2, 0) is 0 Å². The zero-order valence-corrected chi connectivity index (χ0v) is 10.8. The van der Waals surface area contributed by atoms with Gasteiger partial charge in [-0.05, 0) is 43.2 Å². The van der Waals surface area contributed by atoms with Crippen molar-refractivity contribution in [3.8, 4) is 5.75 Å². The van der Waals surface area contributed by atoms with Gasteiger partial charge in [-0.15, -0.1) is 0 Å². The molecule has 0 aromatic heterocycles. The van der Waals surface area contributed by atoms with Crippen LogP contribution in [0.2, 0.25) is 5.02 Å². The largest absolute Gasteiger partial charge is 0.497 e. The fourth-order valence-corrected chi connectivity index (χ4v) is 3.54. The van der Waals surface area contributed by atoms with Crippen LogP contribution in [0, 0.1) is 11.8 Å². The van der Waals surface area contributed by atoms with Crippen molar-refractivity contribution in [1.29, 1.82) is 0 Å². The number of benzene rings is 1. The number of nitrogens with one attached hydrogen (secondary N) is 1. The van der Waals surface area contributed by atoms with Crippen molar-refractivity contribution in [3.63, 3.8) is 0 Å². The Balaban J connectivity index is 1.76. The van der Waals surface area contributed by atoms with Gasteiger partial charge in [0.05, 0.1) is 17.8 Å². The minimum Gasteiger partial charge on any atom is -0.497 e. The molecule has 3 unspecified atom stereocenters. The van der Waals surface area contributed by atoms with Crippen LogP contribution in [0.3, 0.4) is 0 Å². The Morgan fingerprint density at radius 1 is 1.29 bits per heavy atom. The Morgan fingerprint density at radius 3 is 2.82 bits per heavy atom. The SMILES string of the molecule is COc1ccc(Cl)c(NC2CC3CCC2C3)c1. The van der Waals surface area contributed by atoms with Crippen LogP contribution >= 0.6 is 11.6 Å². The molecule has 1 aromatic carbocycles. The summed E-state index contributed by atoms with van der Waals surface area (Å²) >= 11 is 6.22. The van der Waals surface area contributed by atoms with Crippen molar-refractivity contribution in [3.05, 3.63) is 23.2 Å². The third-order valence-electron chi connectivity index (χ3n) is 4.25. The zero-order chi connectivity index (χ0) is 11.8. The second-order valence-electron chi connectivity index (χ2n) is 5.27. The van der Waals surface area contributed by atoms with Gasteiger partial charge in [-0.2, -0.15) is 0 Å². The van der Waals surface area contributed by atoms with Gasteiger partial charge in [-0.1, -0.05) is 18.0 Å². The third-order valence-corrected chi connectivity index (χ3v) is 4.58. The zero-order valence-electron chi connectivity index (χ0n) is 10.1. The first-order valence-corrected chi connectivity index (χ1v) is 6.74. The predicted octanol–water partition coefficient (Wildman–Crippen LogP) is 3.95. The van der Waals surface area contributed by atoms with Crippen LogP contribution in [-0.4, -0.2) is 13.2 Å². The number of ether oxygens (including phenoxy) is 1. The van der Waals surface area contributed by atoms with E-state index in [1.807, 2.05) is 18.2 Å². The van der Waals surface area contributed by atoms with E-state index < -0.39 is 0 Å². The fourth-order valence-electron chi connectivity index (χ4n) is 3.36. The molecule has 0 saturated heterocycles. The normalized spacial score (nSPS) is 30.6. The van der Waals surface area contributed by atoms with E-state index in [9.17, 15) is 0 Å². The lowest BCUT2D eigenvalue weighted by atomic mass is 9.95. The Labute approximate surface area is 107 Å². The summed E-state index contributed by atoms with van der Waals surface area (Å²) in [6.45, 7) is 0. The summed E-state index contributed by atoms with van der Waals surface area (Å²) in [5.41, 5.74) is 1.02. The summed E-state index contributed by atoms with van der Waals surface area (Å²) < 4.78 is 5.24. The topological polar surface area (TPSA) is 21.3 Å². The standard InChI is InChI=1S/C14H18ClNO/c1-17-11-4-5-12(15)14(8-11)16-13-7-9-2-3-10(13)6-9/h4-5,8-10,13,16H,2-3,6-7H2,1H3. The molecule has 0 aliphatic heterocycles. The van der Waals surface area contributed by atoms with E-state index >= 15 is 0 Å². The van der Waals surface area contributed by atoms with Gasteiger partial charge in [-0.25, -0.2) is 0 Å². The highest BCUT2D eigenvalue weighted by atomic mass is 35.5. The Kier molecular flexibility index (Phi) is 2.91. The molecule has 3 heteroatoms. The summed E-state index contributed by atoms with van der Waals surface area (Å²) in [6, 6.07) is 6.40. The van der Waals surface area contributed by atoms with E-state index in [2.05, 4.69) is 5.32 Å². The second-order valence-corrected chi connectivity index (χ2v) is 5.68. The first-order valence-electron chi connectivity index (χ1n) is 6.36. The van der Waals surface area contributed by atoms with E-state index in [1.165, 1.54) is 25.7 Å². The molecule has 3 atom stereocenters. The van der Waals surface area contributed by atoms with Crippen LogP contribution in [0.4, 0.5) is 5.69 Å². The molecule has 3 rings (SSSR count). The molecule has 2 aliphatic rings. The summed E-state index contributed by atoms with van der Waals surface area (Å²) in [5.74, 6) is 2.66. The van der Waals surface area contributed by atoms with Crippen LogP contribution in [0.1, 0.15) is 25.7 Å². The van der Waals surface area contributed by atoms with Crippen molar-refractivity contribution in [2.45, 2.75) is 31.7 Å². The number of methoxy groups -OCH3 is 1. The molecule has 92 valence electrons. The molecular weight excluding hydrogens is 234 g/mol. The summed E-state index contributed by atoms with van der Waals surface area (Å²) in [7, 11) is 1.69. The van der Waals surface area contributed by atoms with Crippen molar-refractivity contribution in [1.82, 2.24) is 0 Å². The van der Waals surface area contributed by atoms with Crippen LogP contribution in [0.25, 0.3) is 0 Å². The van der Waals surface area contributed by atoms with Crippen molar-refractivity contribution in [2.75, 3.05) is 12.4 Å². The molecule has 2 nitrogen and oxygen atoms in total. The first kappa shape index (κ1) is 11.2. The molecule has 0 spiro atoms. The monoisotopic (exact) mass is 251 g/mol. The van der Waals surface area contributed by atoms with Crippen molar-refractivity contribution < 1.29 is 4.74 Å². The van der Waals surface area contributed by atoms with Crippen molar-refractivity contribution >= 4 is 17.3 Å². The first-order chi connectivity index (χ1) is 8.26. The van der Waals surface area contributed by atoms with Gasteiger partial charge in [0.1, 0.15) is 5.75 Å². The predicted molar refractivity (Wildman–Crippen MR) is 70.9 cm³/mol. The number of rotatable bonds is 3. The van der Waals surface area contributed by atoms with E-state index in [0.717, 1.165) is 28.3 Å². The maximum atomic E-state index is 6.22. The van der Waals surface area contributed by atoms with Crippen molar-refractivity contribution in [2.24, 2.45) is 11.8 Å². The molecule has 2 bridgehead atoms. The number of fused-ring (bicyclic) bond motifs is 2. The van der Waals surface area contributed by atoms with Crippen LogP contribution < -0.4 is 10.1 Å². The Bertz CT molecular complexity index is 421. The summed E-state index contributed by atoms with van der Waals surface area (Å²) in [4.78, 5) is 0. The lowest BCUT2D eigenvalue weighted by molar-refractivity contribution is 0.414. The second kappa shape index (κ2) is 4.41. The van der Waals surface area contributed by atoms with E-state index in [1.54, 1.807) is 7.11 Å². The number of hydrogen-bond donors (Lipinski definition) is 1. The highest BCUT2D eigenvalue weighted by molar-refractivity contribution is 6.33. The third kappa shape index (κ3) is 2.11. The van der Waals surface area contributed by atoms with Gasteiger partial charge in [0.2, 0.25) is 0 Å². The maximum absolute atomic E-state index is 6.22. The minimum atomic E-state index is 0.610. The summed E-state index contributed by atoms with van der Waals surface area (Å²) in [6.07, 6.45) is 5.51. The Morgan fingerprint density at radius 2 is 2.18 bits per heavy atom. The molecule has 1 aromatic rings. The smallest absolute Gasteiger partial charge is 0.121 e. The van der Waals surface area contributed by atoms with E-state index in [4.69, 9.17) is 16.3 Å². The average molecular weight is 252 g/mol. The van der Waals surface area contributed by atoms with Gasteiger partial charge in [0, 0.05) is 12.1 Å². The molecule has 2 aliphatic carbocycles. The lowest BCUT2D eigenvalue weighted by Gasteiger charge is -2.24. The number of hydrogen-bond acceptors (Lipinski definition) is 2. The molecule has 2 saturated carbocycles. The average Bonchev–Trinajstić information content (AvgIpc) is 2.94. The minimum absolute atomic E-state index is 0.610. The Hall–Kier alpha value is -0.890. The van der Waals surface area contributed by atoms with Gasteiger partial charge < -0.3 is 10.1 Å². The fraction of sp³-hybridized carbons (Fsp3) is 0.571. The molecule has 0 heterocycles. The molecule has 0 amide bonds. The molecule has 2 fully saturated rings. The molecule has 0 radical (unpaired) electrons. The van der Waals surface area contributed by atoms with Crippen LogP contribution in [0.15, 0.2) is 18.2 Å². The summed E-state index contributed by atoms with van der Waals surface area (Å²) in [5, 5.41) is 4.39. The number of halogens is 1. The van der Waals surface area contributed by atoms with Gasteiger partial charge in [0.25, 0.3) is 0 Å². The van der Waals surface area contributed by atoms with Gasteiger partial charge >= 0.3 is 0 Å². The molecule has 17 heavy (non-hydrogen) atoms. The highest BCUT2D eigenvalue weighted by Crippen LogP contribution is 2.46. The molecular formula is C14H18ClNO. The van der Waals surface area contributed by atoms with E-state index in [0.29, 0.717) is 6.04 Å². The lowest BCUT2D eigenvalue weighted by Crippen LogP contribution is -2.25. The molecule has 1 N–H and O–H groups in total. The highest BCUT2D eigenvalue weighted by Gasteiger charge is 2.39. The maximum Gasteiger partial charge on any atom is 0.121 e. The van der Waals surface area contributed by atoms with Crippen LogP contribution in [0.5, 0.6) is 5.75 Å². The quantitative estimate of drug-likeness (QED) is 0.878. The van der Waals surface area contributed by atoms with Gasteiger partial charge in [-0.3, -0.25) is 0 Å². The van der Waals surface area contributed by atoms with E-state index in [-0.39, 0.29) is 0 Å². The number of anilines is 1.